The first-order valence-electron chi connectivity index (χ1n) is 6.43. The topological polar surface area (TPSA) is 135 Å². The fraction of sp³-hybridized carbons (Fsp3) is 0.143. The van der Waals surface area contributed by atoms with Crippen LogP contribution in [0.3, 0.4) is 0 Å². The number of carbonyl (C=O) groups is 3. The zero-order valence-corrected chi connectivity index (χ0v) is 13.5. The summed E-state index contributed by atoms with van der Waals surface area (Å²) in [6, 6.07) is 2.07. The zero-order valence-electron chi connectivity index (χ0n) is 11.9. The largest absolute Gasteiger partial charge is 0.508 e. The monoisotopic (exact) mass is 369 g/mol. The number of phenolic OH excluding ortho intramolecular Hbond substituents is 2. The summed E-state index contributed by atoms with van der Waals surface area (Å²) in [7, 11) is 0. The van der Waals surface area contributed by atoms with E-state index < -0.39 is 30.3 Å². The Labute approximate surface area is 145 Å². The van der Waals surface area contributed by atoms with Gasteiger partial charge in [-0.05, 0) is 23.8 Å². The van der Waals surface area contributed by atoms with Crippen LogP contribution in [0.15, 0.2) is 23.1 Å². The van der Waals surface area contributed by atoms with Crippen LogP contribution in [0.25, 0.3) is 6.08 Å². The summed E-state index contributed by atoms with van der Waals surface area (Å²) in [5.41, 5.74) is 0.304. The Morgan fingerprint density at radius 2 is 1.79 bits per heavy atom. The van der Waals surface area contributed by atoms with Gasteiger partial charge >= 0.3 is 11.9 Å². The van der Waals surface area contributed by atoms with E-state index in [9.17, 15) is 24.6 Å². The first-order valence-corrected chi connectivity index (χ1v) is 7.66. The number of nitrogens with zero attached hydrogens (tertiary/aromatic N) is 1. The molecular formula is C14H11NO7S2. The van der Waals surface area contributed by atoms with E-state index >= 15 is 0 Å². The molecule has 1 amide bonds. The van der Waals surface area contributed by atoms with Crippen molar-refractivity contribution >= 4 is 52.2 Å². The summed E-state index contributed by atoms with van der Waals surface area (Å²) in [5.74, 6) is -4.04. The normalized spacial score (nSPS) is 17.3. The highest BCUT2D eigenvalue weighted by Gasteiger charge is 2.41. The van der Waals surface area contributed by atoms with Crippen molar-refractivity contribution in [2.24, 2.45) is 0 Å². The Hall–Kier alpha value is -2.59. The summed E-state index contributed by atoms with van der Waals surface area (Å²) in [6.07, 6.45) is 0.528. The first kappa shape index (κ1) is 17.8. The molecule has 1 aliphatic rings. The van der Waals surface area contributed by atoms with Crippen molar-refractivity contribution in [1.29, 1.82) is 0 Å². The van der Waals surface area contributed by atoms with Crippen molar-refractivity contribution in [3.63, 3.8) is 0 Å². The molecule has 126 valence electrons. The van der Waals surface area contributed by atoms with Crippen molar-refractivity contribution in [3.8, 4) is 11.5 Å². The van der Waals surface area contributed by atoms with Crippen molar-refractivity contribution in [1.82, 2.24) is 4.90 Å². The Kier molecular flexibility index (Phi) is 5.10. The van der Waals surface area contributed by atoms with Gasteiger partial charge in [0.2, 0.25) is 0 Å². The third-order valence-corrected chi connectivity index (χ3v) is 4.34. The third kappa shape index (κ3) is 3.84. The van der Waals surface area contributed by atoms with Crippen LogP contribution >= 0.6 is 24.0 Å². The lowest BCUT2D eigenvalue weighted by molar-refractivity contribution is -0.150. The number of benzene rings is 1. The maximum Gasteiger partial charge on any atom is 0.327 e. The maximum atomic E-state index is 12.4. The Balaban J connectivity index is 2.35. The maximum absolute atomic E-state index is 12.4. The van der Waals surface area contributed by atoms with Gasteiger partial charge in [-0.1, -0.05) is 24.0 Å². The molecule has 1 unspecified atom stereocenters. The number of rotatable bonds is 5. The summed E-state index contributed by atoms with van der Waals surface area (Å²) in [4.78, 5) is 35.2. The number of carbonyl (C=O) groups excluding carboxylic acids is 1. The smallest absolute Gasteiger partial charge is 0.327 e. The van der Waals surface area contributed by atoms with E-state index in [0.717, 1.165) is 22.7 Å². The number of carboxylic acids is 2. The van der Waals surface area contributed by atoms with Gasteiger partial charge in [0.1, 0.15) is 21.9 Å². The lowest BCUT2D eigenvalue weighted by atomic mass is 10.1. The highest BCUT2D eigenvalue weighted by atomic mass is 32.2. The minimum absolute atomic E-state index is 0.0571. The molecule has 0 aliphatic carbocycles. The van der Waals surface area contributed by atoms with Crippen LogP contribution in [-0.2, 0) is 14.4 Å². The highest BCUT2D eigenvalue weighted by Crippen LogP contribution is 2.35. The fourth-order valence-corrected chi connectivity index (χ4v) is 3.41. The summed E-state index contributed by atoms with van der Waals surface area (Å²) < 4.78 is -0.0794. The van der Waals surface area contributed by atoms with Crippen molar-refractivity contribution in [2.45, 2.75) is 12.5 Å². The second-order valence-corrected chi connectivity index (χ2v) is 6.46. The van der Waals surface area contributed by atoms with Crippen molar-refractivity contribution in [3.05, 3.63) is 28.7 Å². The van der Waals surface area contributed by atoms with E-state index in [1.54, 1.807) is 0 Å². The van der Waals surface area contributed by atoms with Crippen LogP contribution < -0.4 is 0 Å². The number of hydrogen-bond donors (Lipinski definition) is 4. The van der Waals surface area contributed by atoms with Gasteiger partial charge in [-0.15, -0.1) is 0 Å². The van der Waals surface area contributed by atoms with Crippen molar-refractivity contribution < 1.29 is 34.8 Å². The minimum atomic E-state index is -1.61. The predicted molar refractivity (Wildman–Crippen MR) is 88.5 cm³/mol. The van der Waals surface area contributed by atoms with Crippen molar-refractivity contribution in [2.75, 3.05) is 0 Å². The summed E-state index contributed by atoms with van der Waals surface area (Å²) in [6.45, 7) is 0. The van der Waals surface area contributed by atoms with Crippen LogP contribution in [0.4, 0.5) is 0 Å². The minimum Gasteiger partial charge on any atom is -0.508 e. The van der Waals surface area contributed by atoms with Crippen LogP contribution in [0.5, 0.6) is 11.5 Å². The van der Waals surface area contributed by atoms with Gasteiger partial charge < -0.3 is 20.4 Å². The van der Waals surface area contributed by atoms with Crippen LogP contribution in [0.1, 0.15) is 12.0 Å². The van der Waals surface area contributed by atoms with E-state index in [-0.39, 0.29) is 20.7 Å². The summed E-state index contributed by atoms with van der Waals surface area (Å²) in [5, 5.41) is 36.8. The molecule has 2 rings (SSSR count). The highest BCUT2D eigenvalue weighted by molar-refractivity contribution is 8.26. The molecule has 24 heavy (non-hydrogen) atoms. The van der Waals surface area contributed by atoms with Gasteiger partial charge in [0.15, 0.2) is 0 Å². The zero-order chi connectivity index (χ0) is 18.0. The second-order valence-electron chi connectivity index (χ2n) is 4.79. The van der Waals surface area contributed by atoms with Gasteiger partial charge in [0.25, 0.3) is 5.91 Å². The molecule has 0 saturated carbocycles. The van der Waals surface area contributed by atoms with Crippen LogP contribution in [0.2, 0.25) is 0 Å². The number of aromatic hydroxyl groups is 2. The molecule has 1 aliphatic heterocycles. The average Bonchev–Trinajstić information content (AvgIpc) is 2.69. The molecule has 8 nitrogen and oxygen atoms in total. The standard InChI is InChI=1S/C14H11NO7S2/c16-7-1-6(2-8(17)4-7)3-10-12(20)15(14(23)24-10)9(13(21)22)5-11(18)19/h1-4,9,16-17H,5H2,(H,18,19)(H,21,22). The van der Waals surface area contributed by atoms with E-state index in [1.807, 2.05) is 0 Å². The lowest BCUT2D eigenvalue weighted by Gasteiger charge is -2.21. The SMILES string of the molecule is O=C(O)CC(C(=O)O)N1C(=O)C(=Cc2cc(O)cc(O)c2)SC1=S. The van der Waals surface area contributed by atoms with Gasteiger partial charge in [-0.25, -0.2) is 4.79 Å². The van der Waals surface area contributed by atoms with Crippen LogP contribution in [-0.4, -0.2) is 53.5 Å². The molecule has 10 heteroatoms. The van der Waals surface area contributed by atoms with Gasteiger partial charge in [0, 0.05) is 6.07 Å². The number of aliphatic carboxylic acids is 2. The number of carboxylic acid groups (broad SMARTS) is 2. The molecule has 0 spiro atoms. The fourth-order valence-electron chi connectivity index (χ4n) is 2.06. The summed E-state index contributed by atoms with van der Waals surface area (Å²) >= 11 is 5.79. The first-order chi connectivity index (χ1) is 11.2. The molecule has 1 heterocycles. The second kappa shape index (κ2) is 6.89. The molecule has 1 atom stereocenters. The Morgan fingerprint density at radius 3 is 2.29 bits per heavy atom. The van der Waals surface area contributed by atoms with Gasteiger partial charge in [0.05, 0.1) is 11.3 Å². The van der Waals surface area contributed by atoms with E-state index in [2.05, 4.69) is 0 Å². The molecule has 1 aromatic rings. The number of hydrogen-bond acceptors (Lipinski definition) is 7. The molecule has 0 radical (unpaired) electrons. The van der Waals surface area contributed by atoms with Gasteiger partial charge in [-0.3, -0.25) is 14.5 Å². The molecule has 4 N–H and O–H groups in total. The molecule has 0 bridgehead atoms. The number of thiocarbonyl (C=S) groups is 1. The Morgan fingerprint density at radius 1 is 1.21 bits per heavy atom. The van der Waals surface area contributed by atoms with Gasteiger partial charge in [-0.2, -0.15) is 0 Å². The molecule has 1 aromatic carbocycles. The van der Waals surface area contributed by atoms with Crippen LogP contribution in [0, 0.1) is 0 Å². The number of thioether (sulfide) groups is 1. The Bertz CT molecular complexity index is 754. The number of amides is 1. The number of phenols is 2. The quantitative estimate of drug-likeness (QED) is 0.446. The lowest BCUT2D eigenvalue weighted by Crippen LogP contribution is -2.45. The third-order valence-electron chi connectivity index (χ3n) is 3.01. The van der Waals surface area contributed by atoms with E-state index in [0.29, 0.717) is 5.56 Å². The predicted octanol–water partition coefficient (Wildman–Crippen LogP) is 1.23. The molecule has 1 fully saturated rings. The molecule has 0 aromatic heterocycles. The molecule has 1 saturated heterocycles. The molecular weight excluding hydrogens is 358 g/mol. The average molecular weight is 369 g/mol. The van der Waals surface area contributed by atoms with E-state index in [1.165, 1.54) is 18.2 Å². The van der Waals surface area contributed by atoms with E-state index in [4.69, 9.17) is 22.4 Å².